The second-order valence-electron chi connectivity index (χ2n) is 7.36. The van der Waals surface area contributed by atoms with Gasteiger partial charge in [-0.1, -0.05) is 64.5 Å². The maximum Gasteiger partial charge on any atom is 0.257 e. The van der Waals surface area contributed by atoms with Gasteiger partial charge >= 0.3 is 0 Å². The fraction of sp³-hybridized carbons (Fsp3) is 0.0833. The molecule has 1 aliphatic rings. The van der Waals surface area contributed by atoms with Crippen LogP contribution in [0.25, 0.3) is 11.4 Å². The van der Waals surface area contributed by atoms with Gasteiger partial charge in [-0.3, -0.25) is 4.79 Å². The van der Waals surface area contributed by atoms with Crippen molar-refractivity contribution in [3.8, 4) is 11.4 Å². The van der Waals surface area contributed by atoms with Gasteiger partial charge in [-0.2, -0.15) is 4.98 Å². The standard InChI is InChI=1S/C24H19BrN6O/c1-15-20(23(32)28-19-9-5-6-14-26-19)21(16-10-12-18(25)13-11-16)31-24(27-15)29-22(30-31)17-7-3-2-4-8-17/h2-14,21H,1H3,(H,26,28,32)(H,27,29,30). The molecule has 0 saturated heterocycles. The SMILES string of the molecule is CC1=C(C(=O)Nc2ccccn2)C(c2ccc(Br)cc2)n2nc(-c3ccccc3)nc2N1. The molecular formula is C24H19BrN6O. The number of allylic oxidation sites excluding steroid dienone is 1. The first-order chi connectivity index (χ1) is 15.6. The molecular weight excluding hydrogens is 468 g/mol. The molecule has 158 valence electrons. The molecule has 1 atom stereocenters. The summed E-state index contributed by atoms with van der Waals surface area (Å²) in [5.74, 6) is 1.42. The first kappa shape index (κ1) is 20.1. The quantitative estimate of drug-likeness (QED) is 0.422. The molecule has 0 radical (unpaired) electrons. The topological polar surface area (TPSA) is 84.7 Å². The van der Waals surface area contributed by atoms with E-state index in [9.17, 15) is 4.79 Å². The van der Waals surface area contributed by atoms with Crippen molar-refractivity contribution in [3.05, 3.63) is 100 Å². The number of amides is 1. The van der Waals surface area contributed by atoms with Crippen LogP contribution in [0.3, 0.4) is 0 Å². The van der Waals surface area contributed by atoms with E-state index in [4.69, 9.17) is 10.1 Å². The number of nitrogens with zero attached hydrogens (tertiary/aromatic N) is 4. The summed E-state index contributed by atoms with van der Waals surface area (Å²) in [7, 11) is 0. The van der Waals surface area contributed by atoms with Gasteiger partial charge < -0.3 is 10.6 Å². The van der Waals surface area contributed by atoms with Crippen LogP contribution < -0.4 is 10.6 Å². The summed E-state index contributed by atoms with van der Waals surface area (Å²) < 4.78 is 2.73. The number of anilines is 2. The summed E-state index contributed by atoms with van der Waals surface area (Å²) in [6.07, 6.45) is 1.64. The minimum atomic E-state index is -0.451. The number of hydrogen-bond acceptors (Lipinski definition) is 5. The van der Waals surface area contributed by atoms with E-state index in [1.54, 1.807) is 23.0 Å². The van der Waals surface area contributed by atoms with Crippen molar-refractivity contribution >= 4 is 33.6 Å². The molecule has 2 N–H and O–H groups in total. The highest BCUT2D eigenvalue weighted by Gasteiger charge is 2.34. The molecule has 0 spiro atoms. The summed E-state index contributed by atoms with van der Waals surface area (Å²) in [5, 5.41) is 10.9. The molecule has 0 bridgehead atoms. The maximum absolute atomic E-state index is 13.4. The molecule has 7 nitrogen and oxygen atoms in total. The van der Waals surface area contributed by atoms with Crippen LogP contribution in [0.15, 0.2) is 94.7 Å². The first-order valence-electron chi connectivity index (χ1n) is 10.1. The van der Waals surface area contributed by atoms with E-state index in [2.05, 4.69) is 31.5 Å². The van der Waals surface area contributed by atoms with Gasteiger partial charge in [0.05, 0.1) is 5.57 Å². The second kappa shape index (κ2) is 8.39. The third-order valence-corrected chi connectivity index (χ3v) is 5.75. The average molecular weight is 487 g/mol. The number of nitrogens with one attached hydrogen (secondary N) is 2. The van der Waals surface area contributed by atoms with Crippen LogP contribution in [0, 0.1) is 0 Å². The van der Waals surface area contributed by atoms with Crippen molar-refractivity contribution in [2.24, 2.45) is 0 Å². The van der Waals surface area contributed by atoms with Crippen molar-refractivity contribution in [3.63, 3.8) is 0 Å². The molecule has 1 amide bonds. The van der Waals surface area contributed by atoms with Crippen LogP contribution in [-0.2, 0) is 4.79 Å². The van der Waals surface area contributed by atoms with Crippen molar-refractivity contribution in [1.82, 2.24) is 19.7 Å². The van der Waals surface area contributed by atoms with Crippen molar-refractivity contribution in [1.29, 1.82) is 0 Å². The number of pyridine rings is 1. The van der Waals surface area contributed by atoms with Gasteiger partial charge in [0, 0.05) is 21.9 Å². The smallest absolute Gasteiger partial charge is 0.257 e. The van der Waals surface area contributed by atoms with Crippen molar-refractivity contribution in [2.45, 2.75) is 13.0 Å². The highest BCUT2D eigenvalue weighted by molar-refractivity contribution is 9.10. The molecule has 3 heterocycles. The zero-order valence-corrected chi connectivity index (χ0v) is 18.7. The van der Waals surface area contributed by atoms with E-state index in [1.807, 2.05) is 67.6 Å². The van der Waals surface area contributed by atoms with E-state index in [1.165, 1.54) is 0 Å². The lowest BCUT2D eigenvalue weighted by atomic mass is 9.95. The van der Waals surface area contributed by atoms with Crippen molar-refractivity contribution < 1.29 is 4.79 Å². The molecule has 1 aliphatic heterocycles. The highest BCUT2D eigenvalue weighted by atomic mass is 79.9. The second-order valence-corrected chi connectivity index (χ2v) is 8.27. The van der Waals surface area contributed by atoms with Crippen LogP contribution in [0.2, 0.25) is 0 Å². The predicted molar refractivity (Wildman–Crippen MR) is 127 cm³/mol. The molecule has 1 unspecified atom stereocenters. The molecule has 2 aromatic carbocycles. The van der Waals surface area contributed by atoms with E-state index in [0.29, 0.717) is 28.9 Å². The Bertz CT molecular complexity index is 1300. The Morgan fingerprint density at radius 2 is 1.78 bits per heavy atom. The number of halogens is 1. The number of carbonyl (C=O) groups is 1. The Hall–Kier alpha value is -3.78. The number of benzene rings is 2. The van der Waals surface area contributed by atoms with E-state index in [-0.39, 0.29) is 5.91 Å². The van der Waals surface area contributed by atoms with E-state index in [0.717, 1.165) is 15.6 Å². The average Bonchev–Trinajstić information content (AvgIpc) is 3.23. The Morgan fingerprint density at radius 1 is 1.03 bits per heavy atom. The lowest BCUT2D eigenvalue weighted by Crippen LogP contribution is -2.31. The zero-order valence-electron chi connectivity index (χ0n) is 17.2. The molecule has 8 heteroatoms. The number of rotatable bonds is 4. The molecule has 4 aromatic rings. The summed E-state index contributed by atoms with van der Waals surface area (Å²) in [6, 6.07) is 22.6. The lowest BCUT2D eigenvalue weighted by molar-refractivity contribution is -0.113. The summed E-state index contributed by atoms with van der Waals surface area (Å²) in [5.41, 5.74) is 3.09. The Labute approximate surface area is 193 Å². The minimum Gasteiger partial charge on any atom is -0.328 e. The summed E-state index contributed by atoms with van der Waals surface area (Å²) >= 11 is 3.49. The summed E-state index contributed by atoms with van der Waals surface area (Å²) in [4.78, 5) is 22.3. The number of fused-ring (bicyclic) bond motifs is 1. The molecule has 2 aromatic heterocycles. The normalized spacial score (nSPS) is 15.1. The fourth-order valence-corrected chi connectivity index (χ4v) is 3.99. The van der Waals surface area contributed by atoms with Gasteiger partial charge in [-0.15, -0.1) is 5.10 Å². The lowest BCUT2D eigenvalue weighted by Gasteiger charge is -2.28. The third kappa shape index (κ3) is 3.80. The van der Waals surface area contributed by atoms with E-state index < -0.39 is 6.04 Å². The highest BCUT2D eigenvalue weighted by Crippen LogP contribution is 2.37. The van der Waals surface area contributed by atoms with Crippen LogP contribution in [-0.4, -0.2) is 25.7 Å². The largest absolute Gasteiger partial charge is 0.328 e. The summed E-state index contributed by atoms with van der Waals surface area (Å²) in [6.45, 7) is 1.87. The molecule has 0 fully saturated rings. The number of hydrogen-bond donors (Lipinski definition) is 2. The Balaban J connectivity index is 1.60. The molecule has 32 heavy (non-hydrogen) atoms. The van der Waals surface area contributed by atoms with Gasteiger partial charge in [-0.05, 0) is 36.8 Å². The maximum atomic E-state index is 13.4. The Morgan fingerprint density at radius 3 is 2.50 bits per heavy atom. The number of carbonyl (C=O) groups excluding carboxylic acids is 1. The minimum absolute atomic E-state index is 0.246. The van der Waals surface area contributed by atoms with Crippen LogP contribution >= 0.6 is 15.9 Å². The van der Waals surface area contributed by atoms with Gasteiger partial charge in [0.25, 0.3) is 5.91 Å². The molecule has 5 rings (SSSR count). The van der Waals surface area contributed by atoms with Gasteiger partial charge in [0.1, 0.15) is 11.9 Å². The molecule has 0 aliphatic carbocycles. The Kier molecular flexibility index (Phi) is 5.28. The monoisotopic (exact) mass is 486 g/mol. The van der Waals surface area contributed by atoms with Crippen LogP contribution in [0.5, 0.6) is 0 Å². The van der Waals surface area contributed by atoms with Crippen molar-refractivity contribution in [2.75, 3.05) is 10.6 Å². The van der Waals surface area contributed by atoms with Crippen LogP contribution in [0.1, 0.15) is 18.5 Å². The van der Waals surface area contributed by atoms with E-state index >= 15 is 0 Å². The molecule has 0 saturated carbocycles. The third-order valence-electron chi connectivity index (χ3n) is 5.22. The first-order valence-corrected chi connectivity index (χ1v) is 10.9. The predicted octanol–water partition coefficient (Wildman–Crippen LogP) is 5.03. The van der Waals surface area contributed by atoms with Crippen LogP contribution in [0.4, 0.5) is 11.8 Å². The number of aromatic nitrogens is 4. The zero-order chi connectivity index (χ0) is 22.1. The van der Waals surface area contributed by atoms with Gasteiger partial charge in [-0.25, -0.2) is 9.67 Å². The van der Waals surface area contributed by atoms with Gasteiger partial charge in [0.2, 0.25) is 5.95 Å². The fourth-order valence-electron chi connectivity index (χ4n) is 3.73. The van der Waals surface area contributed by atoms with Gasteiger partial charge in [0.15, 0.2) is 5.82 Å².